The fourth-order valence-electron chi connectivity index (χ4n) is 11.5. The van der Waals surface area contributed by atoms with Crippen LogP contribution < -0.4 is 24.8 Å². The van der Waals surface area contributed by atoms with Gasteiger partial charge in [0.05, 0.1) is 0 Å². The molecule has 6 aromatic rings. The van der Waals surface area contributed by atoms with E-state index >= 15 is 0 Å². The van der Waals surface area contributed by atoms with E-state index in [-0.39, 0.29) is 41.1 Å². The fraction of sp³-hybridized carbons (Fsp3) is 0.516. The first-order valence-electron chi connectivity index (χ1n) is 25.7. The maximum Gasteiger partial charge on any atom is -1.00 e. The van der Waals surface area contributed by atoms with E-state index < -0.39 is 0 Å². The zero-order chi connectivity index (χ0) is 46.0. The van der Waals surface area contributed by atoms with Gasteiger partial charge in [-0.05, 0) is 82.4 Å². The number of hydrogen-bond acceptors (Lipinski definition) is 0. The van der Waals surface area contributed by atoms with Gasteiger partial charge in [-0.1, -0.05) is 204 Å². The van der Waals surface area contributed by atoms with Crippen LogP contribution in [-0.2, 0) is 47.0 Å². The van der Waals surface area contributed by atoms with E-state index in [4.69, 9.17) is 0 Å². The van der Waals surface area contributed by atoms with Crippen molar-refractivity contribution in [2.24, 2.45) is 10.8 Å². The van der Waals surface area contributed by atoms with Gasteiger partial charge in [-0.3, -0.25) is 0 Å². The van der Waals surface area contributed by atoms with E-state index in [0.717, 1.165) is 0 Å². The molecule has 6 aromatic carbocycles. The maximum absolute atomic E-state index is 2.51. The van der Waals surface area contributed by atoms with Crippen LogP contribution in [0, 0.1) is 10.8 Å². The monoisotopic (exact) mass is 1020 g/mol. The van der Waals surface area contributed by atoms with Crippen molar-refractivity contribution in [2.75, 3.05) is 0 Å². The van der Waals surface area contributed by atoms with Gasteiger partial charge in [-0.2, -0.15) is 12.1 Å². The summed E-state index contributed by atoms with van der Waals surface area (Å²) in [4.78, 5) is 0. The smallest absolute Gasteiger partial charge is 1.00 e. The number of fused-ring (bicyclic) bond motifs is 2. The minimum Gasteiger partial charge on any atom is -1.00 e. The fourth-order valence-corrected chi connectivity index (χ4v) is 11.5. The van der Waals surface area contributed by atoms with Gasteiger partial charge in [0.15, 0.2) is 0 Å². The van der Waals surface area contributed by atoms with Crippen LogP contribution in [0.5, 0.6) is 0 Å². The molecule has 2 fully saturated rings. The molecule has 66 heavy (non-hydrogen) atoms. The second-order valence-electron chi connectivity index (χ2n) is 22.5. The quantitative estimate of drug-likeness (QED) is 0.105. The molecule has 0 amide bonds. The minimum atomic E-state index is 0. The summed E-state index contributed by atoms with van der Waals surface area (Å²) in [6.45, 7) is 23.4. The van der Waals surface area contributed by atoms with Gasteiger partial charge in [-0.25, -0.2) is 0 Å². The third-order valence-corrected chi connectivity index (χ3v) is 15.2. The molecule has 0 saturated heterocycles. The number of rotatable bonds is 8. The van der Waals surface area contributed by atoms with Crippen molar-refractivity contribution in [1.29, 1.82) is 0 Å². The van der Waals surface area contributed by atoms with Crippen LogP contribution >= 0.6 is 0 Å². The molecule has 2 aliphatic rings. The largest absolute Gasteiger partial charge is 1.00 e. The maximum atomic E-state index is 2.51. The summed E-state index contributed by atoms with van der Waals surface area (Å²) in [5.41, 5.74) is 13.0. The first-order chi connectivity index (χ1) is 30.6. The Morgan fingerprint density at radius 3 is 1.09 bits per heavy atom. The predicted molar refractivity (Wildman–Crippen MR) is 282 cm³/mol. The van der Waals surface area contributed by atoms with E-state index in [1.165, 1.54) is 171 Å². The average Bonchev–Trinajstić information content (AvgIpc) is 3.85. The molecule has 4 heteroatoms. The molecular weight excluding hydrogens is 935 g/mol. The Morgan fingerprint density at radius 2 is 0.773 bits per heavy atom. The summed E-state index contributed by atoms with van der Waals surface area (Å²) >= 11 is 1.74. The van der Waals surface area contributed by atoms with Crippen molar-refractivity contribution in [3.63, 3.8) is 0 Å². The van der Waals surface area contributed by atoms with Crippen molar-refractivity contribution in [3.05, 3.63) is 131 Å². The third-order valence-electron chi connectivity index (χ3n) is 15.2. The molecule has 0 spiro atoms. The second-order valence-corrected chi connectivity index (χ2v) is 31.9. The van der Waals surface area contributed by atoms with Crippen molar-refractivity contribution >= 4 is 27.0 Å². The van der Waals surface area contributed by atoms with Gasteiger partial charge in [0.25, 0.3) is 0 Å². The molecule has 0 radical (unpaired) electrons. The molecule has 356 valence electrons. The molecule has 0 atom stereocenters. The predicted octanol–water partition coefficient (Wildman–Crippen LogP) is 13.2. The zero-order valence-electron chi connectivity index (χ0n) is 42.9. The van der Waals surface area contributed by atoms with Crippen molar-refractivity contribution in [3.8, 4) is 22.3 Å². The molecule has 0 aromatic heterocycles. The molecule has 0 bridgehead atoms. The molecule has 0 N–H and O–H groups in total. The van der Waals surface area contributed by atoms with Crippen molar-refractivity contribution in [1.82, 2.24) is 0 Å². The van der Waals surface area contributed by atoms with Crippen molar-refractivity contribution < 1.29 is 48.1 Å². The van der Waals surface area contributed by atoms with Crippen LogP contribution in [0.1, 0.15) is 180 Å². The SMILES string of the molecule is CCC1(Cc2cc3c(-c4ccccc4C(C)(C)C)cccc3[cH-]2)CCCCCCC1.CCC1(Cc2cc3c(-c4ccccc4C(C)(C)C)cccc3[cH-]2)CCCCCCC1.C[Si](C)=[Zr+2].[Cl-].[Cl-]. The third kappa shape index (κ3) is 14.9. The molecule has 0 heterocycles. The van der Waals surface area contributed by atoms with Crippen LogP contribution in [0.4, 0.5) is 0 Å². The van der Waals surface area contributed by atoms with Gasteiger partial charge in [0.2, 0.25) is 0 Å². The van der Waals surface area contributed by atoms with E-state index in [9.17, 15) is 0 Å². The van der Waals surface area contributed by atoms with Crippen LogP contribution in [0.25, 0.3) is 43.8 Å². The summed E-state index contributed by atoms with van der Waals surface area (Å²) in [6, 6.07) is 41.7. The Balaban J connectivity index is 0.000000260. The topological polar surface area (TPSA) is 0 Å². The Kier molecular flexibility index (Phi) is 21.8. The summed E-state index contributed by atoms with van der Waals surface area (Å²) in [7, 11) is 0. The number of hydrogen-bond donors (Lipinski definition) is 0. The Bertz CT molecular complexity index is 2230. The molecule has 8 rings (SSSR count). The van der Waals surface area contributed by atoms with Gasteiger partial charge in [0.1, 0.15) is 0 Å². The molecule has 0 aliphatic heterocycles. The standard InChI is InChI=1S/2C30H39.C2H6Si.2ClH.Zr/c2*1-5-30(18-11-7-6-8-12-19-30)22-23-20-24-14-13-16-25(27(24)21-23)26-15-9-10-17-28(26)29(2,3)4;1-3-2;;;/h2*9-10,13-17,20-21H,5-8,11-12,18-19,22H2,1-4H3;1-2H3;2*1H;/q2*-1;;;;+2/p-2. The minimum absolute atomic E-state index is 0. The summed E-state index contributed by atoms with van der Waals surface area (Å²) in [6.07, 6.45) is 25.0. The van der Waals surface area contributed by atoms with E-state index in [1.54, 1.807) is 34.5 Å². The summed E-state index contributed by atoms with van der Waals surface area (Å²) in [5, 5.41) is 5.68. The molecule has 2 saturated carbocycles. The van der Waals surface area contributed by atoms with E-state index in [2.05, 4.69) is 178 Å². The summed E-state index contributed by atoms with van der Waals surface area (Å²) < 4.78 is 0. The Hall–Kier alpha value is -2.22. The second kappa shape index (κ2) is 25.6. The van der Waals surface area contributed by atoms with Gasteiger partial charge < -0.3 is 24.8 Å². The van der Waals surface area contributed by atoms with Crippen molar-refractivity contribution in [2.45, 2.75) is 195 Å². The van der Waals surface area contributed by atoms with Crippen LogP contribution in [0.3, 0.4) is 0 Å². The normalized spacial score (nSPS) is 16.4. The van der Waals surface area contributed by atoms with Gasteiger partial charge in [0, 0.05) is 0 Å². The van der Waals surface area contributed by atoms with Crippen LogP contribution in [0.2, 0.25) is 13.1 Å². The van der Waals surface area contributed by atoms with Crippen LogP contribution in [-0.4, -0.2) is 5.43 Å². The molecular formula is C62H84Cl2SiZr-2. The van der Waals surface area contributed by atoms with Gasteiger partial charge in [-0.15, -0.1) is 69.1 Å². The summed E-state index contributed by atoms with van der Waals surface area (Å²) in [5.74, 6) is 0. The molecule has 2 aliphatic carbocycles. The Morgan fingerprint density at radius 1 is 0.470 bits per heavy atom. The first-order valence-corrected chi connectivity index (χ1v) is 31.8. The Labute approximate surface area is 431 Å². The zero-order valence-corrected chi connectivity index (χ0v) is 47.8. The molecule has 0 nitrogen and oxygen atoms in total. The van der Waals surface area contributed by atoms with Crippen LogP contribution in [0.15, 0.2) is 109 Å². The molecule has 0 unspecified atom stereocenters. The van der Waals surface area contributed by atoms with E-state index in [0.29, 0.717) is 10.8 Å². The number of halogens is 2. The van der Waals surface area contributed by atoms with Gasteiger partial charge >= 0.3 is 41.9 Å². The average molecular weight is 1020 g/mol. The number of benzene rings is 4. The van der Waals surface area contributed by atoms with E-state index in [1.807, 2.05) is 0 Å². The first kappa shape index (κ1) is 56.4.